The van der Waals surface area contributed by atoms with Gasteiger partial charge in [0.15, 0.2) is 5.76 Å². The van der Waals surface area contributed by atoms with Gasteiger partial charge in [0.05, 0.1) is 0 Å². The Morgan fingerprint density at radius 3 is 2.79 bits per heavy atom. The van der Waals surface area contributed by atoms with Gasteiger partial charge in [0.25, 0.3) is 0 Å². The fraction of sp³-hybridized carbons (Fsp3) is 0.368. The van der Waals surface area contributed by atoms with Gasteiger partial charge in [-0.25, -0.2) is 4.57 Å². The molecular formula is C19H22N6O3. The minimum Gasteiger partial charge on any atom is -0.390 e. The molecule has 4 rings (SSSR count). The summed E-state index contributed by atoms with van der Waals surface area (Å²) in [7, 11) is 2.16. The number of anilines is 1. The minimum absolute atomic E-state index is 0.211. The maximum Gasteiger partial charge on any atom is 0.434 e. The molecule has 9 nitrogen and oxygen atoms in total. The van der Waals surface area contributed by atoms with Crippen molar-refractivity contribution in [3.8, 4) is 11.3 Å². The lowest BCUT2D eigenvalue weighted by atomic mass is 10.1. The molecule has 3 aromatic rings. The molecule has 0 radical (unpaired) electrons. The van der Waals surface area contributed by atoms with E-state index in [0.29, 0.717) is 11.5 Å². The molecule has 1 saturated heterocycles. The molecule has 0 amide bonds. The third-order valence-electron chi connectivity index (χ3n) is 4.99. The van der Waals surface area contributed by atoms with Crippen molar-refractivity contribution < 1.29 is 9.45 Å². The summed E-state index contributed by atoms with van der Waals surface area (Å²) in [6.07, 6.45) is 4.10. The summed E-state index contributed by atoms with van der Waals surface area (Å²) in [6, 6.07) is 10.1. The van der Waals surface area contributed by atoms with E-state index in [1.165, 1.54) is 16.5 Å². The highest BCUT2D eigenvalue weighted by atomic mass is 16.6. The number of aromatic nitrogens is 3. The van der Waals surface area contributed by atoms with Gasteiger partial charge >= 0.3 is 5.95 Å². The predicted molar refractivity (Wildman–Crippen MR) is 104 cm³/mol. The normalized spacial score (nSPS) is 15.5. The largest absolute Gasteiger partial charge is 0.434 e. The molecule has 0 bridgehead atoms. The lowest BCUT2D eigenvalue weighted by Gasteiger charge is -2.22. The van der Waals surface area contributed by atoms with Crippen LogP contribution in [0.3, 0.4) is 0 Å². The third kappa shape index (κ3) is 3.89. The van der Waals surface area contributed by atoms with Gasteiger partial charge in [0.2, 0.25) is 0 Å². The van der Waals surface area contributed by atoms with E-state index in [2.05, 4.69) is 39.1 Å². The average molecular weight is 382 g/mol. The first kappa shape index (κ1) is 18.2. The average Bonchev–Trinajstić information content (AvgIpc) is 3.29. The smallest absolute Gasteiger partial charge is 0.390 e. The van der Waals surface area contributed by atoms with Gasteiger partial charge in [-0.1, -0.05) is 22.3 Å². The zero-order valence-electron chi connectivity index (χ0n) is 15.7. The Morgan fingerprint density at radius 1 is 1.18 bits per heavy atom. The van der Waals surface area contributed by atoms with E-state index >= 15 is 0 Å². The van der Waals surface area contributed by atoms with Gasteiger partial charge in [0, 0.05) is 37.0 Å². The van der Waals surface area contributed by atoms with Crippen molar-refractivity contribution in [2.45, 2.75) is 13.0 Å². The monoisotopic (exact) mass is 382 g/mol. The Hall–Kier alpha value is -3.20. The van der Waals surface area contributed by atoms with Crippen LogP contribution in [0.15, 0.2) is 47.2 Å². The topological polar surface area (TPSA) is 93.5 Å². The number of likely N-dealkylation sites (N-methyl/N-ethyl adjacent to an activating group) is 1. The first-order chi connectivity index (χ1) is 13.6. The Labute approximate surface area is 162 Å². The number of nitro groups is 1. The van der Waals surface area contributed by atoms with Crippen LogP contribution < -0.4 is 4.90 Å². The maximum atomic E-state index is 11.0. The Bertz CT molecular complexity index is 949. The Kier molecular flexibility index (Phi) is 5.07. The lowest BCUT2D eigenvalue weighted by Crippen LogP contribution is -2.28. The van der Waals surface area contributed by atoms with Crippen LogP contribution in [0.5, 0.6) is 0 Å². The Balaban J connectivity index is 1.46. The summed E-state index contributed by atoms with van der Waals surface area (Å²) in [4.78, 5) is 18.9. The van der Waals surface area contributed by atoms with Crippen molar-refractivity contribution in [2.75, 3.05) is 38.1 Å². The minimum atomic E-state index is -0.517. The van der Waals surface area contributed by atoms with Crippen molar-refractivity contribution in [3.05, 3.63) is 58.6 Å². The van der Waals surface area contributed by atoms with E-state index in [1.54, 1.807) is 12.3 Å². The lowest BCUT2D eigenvalue weighted by molar-refractivity contribution is -0.396. The molecule has 9 heteroatoms. The van der Waals surface area contributed by atoms with E-state index in [-0.39, 0.29) is 12.5 Å². The van der Waals surface area contributed by atoms with E-state index in [4.69, 9.17) is 4.52 Å². The van der Waals surface area contributed by atoms with Crippen molar-refractivity contribution in [2.24, 2.45) is 0 Å². The van der Waals surface area contributed by atoms with Crippen LogP contribution in [0, 0.1) is 10.1 Å². The number of rotatable bonds is 5. The number of imidazole rings is 1. The van der Waals surface area contributed by atoms with E-state index in [0.717, 1.165) is 38.2 Å². The number of benzene rings is 1. The quantitative estimate of drug-likeness (QED) is 0.495. The van der Waals surface area contributed by atoms with Gasteiger partial charge < -0.3 is 24.4 Å². The molecule has 146 valence electrons. The second-order valence-corrected chi connectivity index (χ2v) is 6.98. The first-order valence-electron chi connectivity index (χ1n) is 9.25. The summed E-state index contributed by atoms with van der Waals surface area (Å²) in [5.41, 5.74) is 2.86. The van der Waals surface area contributed by atoms with Crippen LogP contribution in [-0.2, 0) is 6.54 Å². The molecule has 1 aliphatic heterocycles. The van der Waals surface area contributed by atoms with Crippen LogP contribution in [0.25, 0.3) is 11.3 Å². The number of hydrogen-bond donors (Lipinski definition) is 0. The van der Waals surface area contributed by atoms with Crippen LogP contribution >= 0.6 is 0 Å². The fourth-order valence-electron chi connectivity index (χ4n) is 3.44. The van der Waals surface area contributed by atoms with Gasteiger partial charge in [0.1, 0.15) is 24.6 Å². The first-order valence-corrected chi connectivity index (χ1v) is 9.25. The highest BCUT2D eigenvalue weighted by Gasteiger charge is 2.17. The predicted octanol–water partition coefficient (Wildman–Crippen LogP) is 2.64. The van der Waals surface area contributed by atoms with Gasteiger partial charge in [-0.3, -0.25) is 0 Å². The summed E-state index contributed by atoms with van der Waals surface area (Å²) < 4.78 is 6.79. The zero-order valence-corrected chi connectivity index (χ0v) is 15.7. The summed E-state index contributed by atoms with van der Waals surface area (Å²) in [5, 5.41) is 15.1. The summed E-state index contributed by atoms with van der Waals surface area (Å²) in [5.74, 6) is 0.320. The molecule has 28 heavy (non-hydrogen) atoms. The molecule has 0 unspecified atom stereocenters. The van der Waals surface area contributed by atoms with Crippen LogP contribution in [0.4, 0.5) is 11.6 Å². The second kappa shape index (κ2) is 7.81. The molecule has 1 aromatic carbocycles. The molecule has 0 saturated carbocycles. The molecule has 0 N–H and O–H groups in total. The van der Waals surface area contributed by atoms with Crippen molar-refractivity contribution in [1.29, 1.82) is 0 Å². The van der Waals surface area contributed by atoms with Crippen molar-refractivity contribution >= 4 is 11.6 Å². The van der Waals surface area contributed by atoms with Crippen molar-refractivity contribution in [3.63, 3.8) is 0 Å². The van der Waals surface area contributed by atoms with E-state index < -0.39 is 4.92 Å². The molecule has 1 aliphatic rings. The van der Waals surface area contributed by atoms with E-state index in [1.807, 2.05) is 12.1 Å². The van der Waals surface area contributed by atoms with Crippen LogP contribution in [0.1, 0.15) is 12.2 Å². The standard InChI is InChI=1S/C19H22N6O3/c1-22-8-2-9-23(12-11-22)16-5-3-15(4-6-16)18-13-17(28-21-18)14-24-10-7-20-19(24)25(26)27/h3-7,10,13H,2,8-9,11-12,14H2,1H3. The molecule has 0 aliphatic carbocycles. The van der Waals surface area contributed by atoms with Crippen LogP contribution in [0.2, 0.25) is 0 Å². The van der Waals surface area contributed by atoms with Gasteiger partial charge in [-0.05, 0) is 37.1 Å². The highest BCUT2D eigenvalue weighted by molar-refractivity contribution is 5.63. The van der Waals surface area contributed by atoms with E-state index in [9.17, 15) is 10.1 Å². The fourth-order valence-corrected chi connectivity index (χ4v) is 3.44. The molecule has 3 heterocycles. The number of nitrogens with zero attached hydrogens (tertiary/aromatic N) is 6. The molecule has 2 aromatic heterocycles. The van der Waals surface area contributed by atoms with Crippen LogP contribution in [-0.4, -0.2) is 57.8 Å². The third-order valence-corrected chi connectivity index (χ3v) is 4.99. The second-order valence-electron chi connectivity index (χ2n) is 6.98. The Morgan fingerprint density at radius 2 is 2.00 bits per heavy atom. The molecular weight excluding hydrogens is 360 g/mol. The zero-order chi connectivity index (χ0) is 19.5. The summed E-state index contributed by atoms with van der Waals surface area (Å²) in [6.45, 7) is 4.48. The SMILES string of the molecule is CN1CCCN(c2ccc(-c3cc(Cn4ccnc4[N+](=O)[O-])on3)cc2)CC1. The molecule has 0 atom stereocenters. The van der Waals surface area contributed by atoms with Gasteiger partial charge in [-0.15, -0.1) is 0 Å². The maximum absolute atomic E-state index is 11.0. The molecule has 1 fully saturated rings. The van der Waals surface area contributed by atoms with Gasteiger partial charge in [-0.2, -0.15) is 0 Å². The highest BCUT2D eigenvalue weighted by Crippen LogP contribution is 2.24. The summed E-state index contributed by atoms with van der Waals surface area (Å²) >= 11 is 0. The molecule has 0 spiro atoms. The number of hydrogen-bond acceptors (Lipinski definition) is 7. The van der Waals surface area contributed by atoms with Crippen molar-refractivity contribution in [1.82, 2.24) is 19.6 Å².